The lowest BCUT2D eigenvalue weighted by Crippen LogP contribution is -2.44. The summed E-state index contributed by atoms with van der Waals surface area (Å²) in [6.45, 7) is 3.54. The van der Waals surface area contributed by atoms with Crippen LogP contribution in [0.15, 0.2) is 12.1 Å². The largest absolute Gasteiger partial charge is 0.347 e. The van der Waals surface area contributed by atoms with Gasteiger partial charge < -0.3 is 5.32 Å². The van der Waals surface area contributed by atoms with Crippen molar-refractivity contribution in [1.29, 1.82) is 0 Å². The van der Waals surface area contributed by atoms with Gasteiger partial charge in [0.15, 0.2) is 0 Å². The van der Waals surface area contributed by atoms with Gasteiger partial charge in [-0.15, -0.1) is 0 Å². The molecule has 0 aliphatic carbocycles. The number of nitrogens with one attached hydrogen (secondary N) is 1. The first kappa shape index (κ1) is 12.3. The lowest BCUT2D eigenvalue weighted by Gasteiger charge is -2.30. The fourth-order valence-electron chi connectivity index (χ4n) is 3.03. The molecule has 2 atom stereocenters. The maximum Gasteiger partial charge on any atom is 0.253 e. The number of carbonyl (C=O) groups excluding carboxylic acids is 1. The molecule has 2 aliphatic rings. The first-order chi connectivity index (χ1) is 8.61. The maximum atomic E-state index is 12.2. The number of benzene rings is 1. The third-order valence-electron chi connectivity index (χ3n) is 3.86. The number of carbonyl (C=O) groups is 1. The molecule has 0 spiro atoms. The molecule has 0 aromatic heterocycles. The molecule has 3 rings (SSSR count). The molecule has 5 heteroatoms. The average Bonchev–Trinajstić information content (AvgIpc) is 2.69. The molecule has 0 saturated carbocycles. The van der Waals surface area contributed by atoms with Crippen LogP contribution < -0.4 is 5.32 Å². The third-order valence-corrected chi connectivity index (χ3v) is 4.45. The van der Waals surface area contributed by atoms with E-state index in [4.69, 9.17) is 23.4 Å². The Balaban J connectivity index is 2.19. The van der Waals surface area contributed by atoms with E-state index in [1.165, 1.54) is 5.56 Å². The lowest BCUT2D eigenvalue weighted by atomic mass is 9.82. The van der Waals surface area contributed by atoms with Crippen LogP contribution in [0, 0.1) is 0 Å². The summed E-state index contributed by atoms with van der Waals surface area (Å²) < 4.78 is 1.74. The summed E-state index contributed by atoms with van der Waals surface area (Å²) in [5.41, 5.74) is 2.94. The smallest absolute Gasteiger partial charge is 0.253 e. The van der Waals surface area contributed by atoms with Gasteiger partial charge in [-0.3, -0.25) is 4.79 Å². The van der Waals surface area contributed by atoms with Gasteiger partial charge in [0.05, 0.1) is 16.6 Å². The standard InChI is InChI=1S/C13H14Cl2N2O/c1-2-7-3-4-9(14)12-11(7)8-5-17(15)6-10(8)16-13(12)18/h3-4,8,10H,2,5-6H2,1H3,(H,16,18)/t8-,10-/m0/s1. The Kier molecular flexibility index (Phi) is 3.00. The number of hydrogen-bond donors (Lipinski definition) is 1. The zero-order valence-corrected chi connectivity index (χ0v) is 11.6. The molecule has 3 nitrogen and oxygen atoms in total. The van der Waals surface area contributed by atoms with E-state index in [1.807, 2.05) is 12.1 Å². The minimum Gasteiger partial charge on any atom is -0.347 e. The molecule has 1 saturated heterocycles. The van der Waals surface area contributed by atoms with Gasteiger partial charge in [0.2, 0.25) is 0 Å². The van der Waals surface area contributed by atoms with Gasteiger partial charge in [-0.05, 0) is 35.4 Å². The fourth-order valence-corrected chi connectivity index (χ4v) is 3.58. The molecule has 1 aromatic carbocycles. The summed E-state index contributed by atoms with van der Waals surface area (Å²) in [6, 6.07) is 3.94. The second-order valence-corrected chi connectivity index (χ2v) is 5.75. The molecule has 0 radical (unpaired) electrons. The van der Waals surface area contributed by atoms with Crippen molar-refractivity contribution in [3.8, 4) is 0 Å². The average molecular weight is 285 g/mol. The highest BCUT2D eigenvalue weighted by atomic mass is 35.5. The van der Waals surface area contributed by atoms with Crippen molar-refractivity contribution < 1.29 is 4.79 Å². The Morgan fingerprint density at radius 2 is 2.22 bits per heavy atom. The Labute approximate surface area is 116 Å². The Morgan fingerprint density at radius 3 is 2.94 bits per heavy atom. The van der Waals surface area contributed by atoms with Crippen molar-refractivity contribution in [2.24, 2.45) is 0 Å². The SMILES string of the molecule is CCc1ccc(Cl)c2c1[C@H]1CN(Cl)C[C@@H]1NC2=O. The summed E-state index contributed by atoms with van der Waals surface area (Å²) in [7, 11) is 0. The van der Waals surface area contributed by atoms with Crippen LogP contribution in [0.4, 0.5) is 0 Å². The van der Waals surface area contributed by atoms with E-state index in [-0.39, 0.29) is 17.9 Å². The third kappa shape index (κ3) is 1.73. The Morgan fingerprint density at radius 1 is 1.44 bits per heavy atom. The summed E-state index contributed by atoms with van der Waals surface area (Å²) in [5, 5.41) is 3.54. The van der Waals surface area contributed by atoms with Crippen molar-refractivity contribution in [3.63, 3.8) is 0 Å². The van der Waals surface area contributed by atoms with Crippen LogP contribution in [0.3, 0.4) is 0 Å². The monoisotopic (exact) mass is 284 g/mol. The molecular formula is C13H14Cl2N2O. The summed E-state index contributed by atoms with van der Waals surface area (Å²) in [6.07, 6.45) is 0.901. The van der Waals surface area contributed by atoms with E-state index in [0.717, 1.165) is 18.5 Å². The molecule has 0 bridgehead atoms. The highest BCUT2D eigenvalue weighted by Gasteiger charge is 2.41. The second-order valence-electron chi connectivity index (χ2n) is 4.86. The van der Waals surface area contributed by atoms with Crippen molar-refractivity contribution in [3.05, 3.63) is 33.8 Å². The van der Waals surface area contributed by atoms with Gasteiger partial charge in [-0.25, -0.2) is 4.42 Å². The van der Waals surface area contributed by atoms with Crippen LogP contribution in [0.25, 0.3) is 0 Å². The molecule has 1 fully saturated rings. The molecule has 1 amide bonds. The van der Waals surface area contributed by atoms with Crippen molar-refractivity contribution in [2.45, 2.75) is 25.3 Å². The number of rotatable bonds is 1. The van der Waals surface area contributed by atoms with Crippen molar-refractivity contribution >= 4 is 29.3 Å². The maximum absolute atomic E-state index is 12.2. The quantitative estimate of drug-likeness (QED) is 0.804. The highest BCUT2D eigenvalue weighted by molar-refractivity contribution is 6.34. The van der Waals surface area contributed by atoms with Crippen LogP contribution in [-0.2, 0) is 6.42 Å². The van der Waals surface area contributed by atoms with Crippen LogP contribution in [0.1, 0.15) is 34.3 Å². The van der Waals surface area contributed by atoms with Crippen LogP contribution in [0.5, 0.6) is 0 Å². The predicted octanol–water partition coefficient (Wildman–Crippen LogP) is 2.57. The van der Waals surface area contributed by atoms with Crippen LogP contribution >= 0.6 is 23.4 Å². The number of halogens is 2. The summed E-state index contributed by atoms with van der Waals surface area (Å²) in [4.78, 5) is 12.2. The van der Waals surface area contributed by atoms with E-state index < -0.39 is 0 Å². The fraction of sp³-hybridized carbons (Fsp3) is 0.462. The zero-order valence-electron chi connectivity index (χ0n) is 10.0. The minimum atomic E-state index is -0.0708. The minimum absolute atomic E-state index is 0.0708. The zero-order chi connectivity index (χ0) is 12.9. The number of hydrogen-bond acceptors (Lipinski definition) is 2. The molecule has 2 heterocycles. The van der Waals surface area contributed by atoms with Gasteiger partial charge >= 0.3 is 0 Å². The van der Waals surface area contributed by atoms with Crippen molar-refractivity contribution in [1.82, 2.24) is 9.74 Å². The molecule has 2 aliphatic heterocycles. The van der Waals surface area contributed by atoms with Crippen LogP contribution in [-0.4, -0.2) is 29.5 Å². The summed E-state index contributed by atoms with van der Waals surface area (Å²) in [5.74, 6) is 0.183. The molecule has 0 unspecified atom stereocenters. The first-order valence-corrected chi connectivity index (χ1v) is 6.86. The van der Waals surface area contributed by atoms with Gasteiger partial charge in [0, 0.05) is 19.0 Å². The molecule has 1 aromatic rings. The first-order valence-electron chi connectivity index (χ1n) is 6.14. The molecular weight excluding hydrogens is 271 g/mol. The van der Waals surface area contributed by atoms with E-state index in [0.29, 0.717) is 17.1 Å². The van der Waals surface area contributed by atoms with Gasteiger partial charge in [-0.1, -0.05) is 24.6 Å². The summed E-state index contributed by atoms with van der Waals surface area (Å²) >= 11 is 12.3. The normalized spacial score (nSPS) is 26.7. The van der Waals surface area contributed by atoms with E-state index in [9.17, 15) is 4.79 Å². The number of aryl methyl sites for hydroxylation is 1. The van der Waals surface area contributed by atoms with E-state index in [1.54, 1.807) is 4.42 Å². The van der Waals surface area contributed by atoms with Crippen LogP contribution in [0.2, 0.25) is 5.02 Å². The van der Waals surface area contributed by atoms with E-state index in [2.05, 4.69) is 12.2 Å². The molecule has 1 N–H and O–H groups in total. The van der Waals surface area contributed by atoms with Gasteiger partial charge in [-0.2, -0.15) is 0 Å². The van der Waals surface area contributed by atoms with E-state index >= 15 is 0 Å². The number of fused-ring (bicyclic) bond motifs is 3. The van der Waals surface area contributed by atoms with Gasteiger partial charge in [0.25, 0.3) is 5.91 Å². The Hall–Kier alpha value is -0.770. The Bertz CT molecular complexity index is 518. The number of nitrogens with zero attached hydrogens (tertiary/aromatic N) is 1. The topological polar surface area (TPSA) is 32.3 Å². The molecule has 18 heavy (non-hydrogen) atoms. The highest BCUT2D eigenvalue weighted by Crippen LogP contribution is 2.39. The van der Waals surface area contributed by atoms with Crippen molar-refractivity contribution in [2.75, 3.05) is 13.1 Å². The number of amides is 1. The molecule has 96 valence electrons. The second kappa shape index (κ2) is 4.41. The lowest BCUT2D eigenvalue weighted by molar-refractivity contribution is 0.0923. The predicted molar refractivity (Wildman–Crippen MR) is 72.3 cm³/mol. The van der Waals surface area contributed by atoms with Gasteiger partial charge in [0.1, 0.15) is 0 Å².